The second kappa shape index (κ2) is 6.02. The number of nitrogens with zero attached hydrogens (tertiary/aromatic N) is 2. The molecule has 0 heterocycles. The molecule has 1 amide bonds. The van der Waals surface area contributed by atoms with Gasteiger partial charge in [-0.05, 0) is 42.9 Å². The Morgan fingerprint density at radius 3 is 2.58 bits per heavy atom. The summed E-state index contributed by atoms with van der Waals surface area (Å²) in [5.74, 6) is 0.570. The van der Waals surface area contributed by atoms with Crippen LogP contribution >= 0.6 is 11.8 Å². The molecule has 2 rings (SSSR count). The minimum absolute atomic E-state index is 0.0272. The van der Waals surface area contributed by atoms with Crippen LogP contribution in [0.1, 0.15) is 13.3 Å². The molecule has 2 N–H and O–H groups in total. The van der Waals surface area contributed by atoms with Crippen LogP contribution in [0.25, 0.3) is 0 Å². The smallest absolute Gasteiger partial charge is 0.250 e. The van der Waals surface area contributed by atoms with Gasteiger partial charge in [0.1, 0.15) is 5.04 Å². The molecule has 1 aliphatic carbocycles. The van der Waals surface area contributed by atoms with Crippen LogP contribution in [0.5, 0.6) is 0 Å². The quantitative estimate of drug-likeness (QED) is 0.524. The van der Waals surface area contributed by atoms with Gasteiger partial charge in [-0.2, -0.15) is 0 Å². The first-order valence-electron chi connectivity index (χ1n) is 6.16. The van der Waals surface area contributed by atoms with Crippen LogP contribution in [0, 0.1) is 11.8 Å². The van der Waals surface area contributed by atoms with Crippen molar-refractivity contribution in [2.24, 2.45) is 21.8 Å². The van der Waals surface area contributed by atoms with E-state index in [0.717, 1.165) is 12.1 Å². The number of aliphatic imine (C=N–C) groups is 2. The maximum atomic E-state index is 11.8. The van der Waals surface area contributed by atoms with Gasteiger partial charge in [-0.15, -0.1) is 11.8 Å². The molecule has 0 spiro atoms. The Morgan fingerprint density at radius 1 is 1.42 bits per heavy atom. The molecule has 0 aliphatic heterocycles. The number of benzene rings is 1. The number of nitrogen functional groups attached to an aromatic ring is 1. The molecule has 19 heavy (non-hydrogen) atoms. The molecule has 5 heteroatoms. The summed E-state index contributed by atoms with van der Waals surface area (Å²) in [4.78, 5) is 20.2. The second-order valence-electron chi connectivity index (χ2n) is 4.66. The molecule has 1 unspecified atom stereocenters. The number of carbonyl (C=O) groups is 1. The van der Waals surface area contributed by atoms with Crippen LogP contribution in [0.4, 0.5) is 11.4 Å². The maximum absolute atomic E-state index is 11.8. The average Bonchev–Trinajstić information content (AvgIpc) is 3.13. The largest absolute Gasteiger partial charge is 0.399 e. The van der Waals surface area contributed by atoms with Gasteiger partial charge in [0.2, 0.25) is 5.91 Å². The summed E-state index contributed by atoms with van der Waals surface area (Å²) in [5, 5.41) is 0.640. The zero-order valence-electron chi connectivity index (χ0n) is 11.0. The molecular weight excluding hydrogens is 258 g/mol. The molecular formula is C14H17N3OS. The van der Waals surface area contributed by atoms with Gasteiger partial charge in [-0.3, -0.25) is 9.79 Å². The van der Waals surface area contributed by atoms with Crippen molar-refractivity contribution in [3.05, 3.63) is 24.3 Å². The fraction of sp³-hybridized carbons (Fsp3) is 0.357. The zero-order chi connectivity index (χ0) is 13.8. The molecule has 0 radical (unpaired) electrons. The van der Waals surface area contributed by atoms with E-state index >= 15 is 0 Å². The van der Waals surface area contributed by atoms with E-state index in [1.165, 1.54) is 11.8 Å². The van der Waals surface area contributed by atoms with E-state index in [1.807, 2.05) is 18.4 Å². The Morgan fingerprint density at radius 2 is 2.05 bits per heavy atom. The monoisotopic (exact) mass is 275 g/mol. The first-order chi connectivity index (χ1) is 9.10. The fourth-order valence-corrected chi connectivity index (χ4v) is 2.01. The molecule has 4 nitrogen and oxygen atoms in total. The Kier molecular flexibility index (Phi) is 4.37. The lowest BCUT2D eigenvalue weighted by Gasteiger charge is -1.97. The van der Waals surface area contributed by atoms with Crippen molar-refractivity contribution in [1.29, 1.82) is 0 Å². The normalized spacial score (nSPS) is 22.7. The van der Waals surface area contributed by atoms with Crippen LogP contribution in [0.3, 0.4) is 0 Å². The summed E-state index contributed by atoms with van der Waals surface area (Å²) in [6.45, 7) is 2.07. The maximum Gasteiger partial charge on any atom is 0.250 e. The van der Waals surface area contributed by atoms with Crippen molar-refractivity contribution < 1.29 is 4.79 Å². The summed E-state index contributed by atoms with van der Waals surface area (Å²) >= 11 is 1.42. The van der Waals surface area contributed by atoms with Crippen LogP contribution in [0.15, 0.2) is 34.3 Å². The Balaban J connectivity index is 2.04. The highest BCUT2D eigenvalue weighted by Gasteiger charge is 2.39. The number of nitrogens with two attached hydrogens (primary N) is 1. The average molecular weight is 275 g/mol. The van der Waals surface area contributed by atoms with Gasteiger partial charge in [0.05, 0.1) is 11.9 Å². The third kappa shape index (κ3) is 3.92. The lowest BCUT2D eigenvalue weighted by Crippen LogP contribution is -2.03. The highest BCUT2D eigenvalue weighted by molar-refractivity contribution is 8.15. The number of carbonyl (C=O) groups excluding carboxylic acids is 1. The van der Waals surface area contributed by atoms with E-state index in [1.54, 1.807) is 18.3 Å². The van der Waals surface area contributed by atoms with Gasteiger partial charge in [-0.25, -0.2) is 4.99 Å². The van der Waals surface area contributed by atoms with E-state index in [-0.39, 0.29) is 11.8 Å². The number of amides is 1. The minimum atomic E-state index is -0.0272. The standard InChI is InChI=1S/C14H17N3OS/c1-9-7-12(9)14(18)17-13(19-2)8-16-11-5-3-10(15)4-6-11/h3-6,8-9,12H,7,15H2,1-2H3/t9-,12?/m0/s1. The van der Waals surface area contributed by atoms with Crippen molar-refractivity contribution in [1.82, 2.24) is 0 Å². The van der Waals surface area contributed by atoms with Crippen molar-refractivity contribution in [3.8, 4) is 0 Å². The van der Waals surface area contributed by atoms with Crippen LogP contribution in [0.2, 0.25) is 0 Å². The van der Waals surface area contributed by atoms with Crippen LogP contribution < -0.4 is 5.73 Å². The highest BCUT2D eigenvalue weighted by atomic mass is 32.2. The van der Waals surface area contributed by atoms with E-state index in [4.69, 9.17) is 5.73 Å². The SMILES string of the molecule is CSC(C=Nc1ccc(N)cc1)=NC(=O)C1C[C@@H]1C. The van der Waals surface area contributed by atoms with Gasteiger partial charge in [-0.1, -0.05) is 6.92 Å². The Bertz CT molecular complexity index is 522. The van der Waals surface area contributed by atoms with E-state index in [0.29, 0.717) is 16.6 Å². The summed E-state index contributed by atoms with van der Waals surface area (Å²) in [5.41, 5.74) is 7.10. The Labute approximate surface area is 117 Å². The summed E-state index contributed by atoms with van der Waals surface area (Å²) in [7, 11) is 0. The zero-order valence-corrected chi connectivity index (χ0v) is 11.9. The van der Waals surface area contributed by atoms with E-state index in [9.17, 15) is 4.79 Å². The van der Waals surface area contributed by atoms with Crippen LogP contribution in [-0.2, 0) is 4.79 Å². The fourth-order valence-electron chi connectivity index (χ4n) is 1.68. The molecule has 1 fully saturated rings. The van der Waals surface area contributed by atoms with Gasteiger partial charge < -0.3 is 5.73 Å². The summed E-state index contributed by atoms with van der Waals surface area (Å²) < 4.78 is 0. The summed E-state index contributed by atoms with van der Waals surface area (Å²) in [6, 6.07) is 7.24. The molecule has 1 saturated carbocycles. The lowest BCUT2D eigenvalue weighted by molar-refractivity contribution is -0.119. The van der Waals surface area contributed by atoms with Crippen LogP contribution in [-0.4, -0.2) is 23.4 Å². The Hall–Kier alpha value is -1.62. The molecule has 0 saturated heterocycles. The molecule has 0 bridgehead atoms. The van der Waals surface area contributed by atoms with Crippen molar-refractivity contribution in [2.75, 3.05) is 12.0 Å². The molecule has 100 valence electrons. The van der Waals surface area contributed by atoms with Crippen molar-refractivity contribution >= 4 is 40.3 Å². The molecule has 1 aromatic carbocycles. The van der Waals surface area contributed by atoms with Gasteiger partial charge in [0.25, 0.3) is 0 Å². The lowest BCUT2D eigenvalue weighted by atomic mass is 10.3. The minimum Gasteiger partial charge on any atom is -0.399 e. The highest BCUT2D eigenvalue weighted by Crippen LogP contribution is 2.38. The van der Waals surface area contributed by atoms with Crippen molar-refractivity contribution in [2.45, 2.75) is 13.3 Å². The number of hydrogen-bond acceptors (Lipinski definition) is 4. The number of rotatable bonds is 3. The first-order valence-corrected chi connectivity index (χ1v) is 7.38. The number of thioether (sulfide) groups is 1. The van der Waals surface area contributed by atoms with Gasteiger partial charge in [0, 0.05) is 11.6 Å². The molecule has 2 atom stereocenters. The number of anilines is 1. The first kappa shape index (κ1) is 13.8. The molecule has 0 aromatic heterocycles. The molecule has 1 aliphatic rings. The predicted molar refractivity (Wildman–Crippen MR) is 82.2 cm³/mol. The third-order valence-corrected chi connectivity index (χ3v) is 3.69. The van der Waals surface area contributed by atoms with Gasteiger partial charge in [0.15, 0.2) is 0 Å². The second-order valence-corrected chi connectivity index (χ2v) is 5.49. The number of hydrogen-bond donors (Lipinski definition) is 1. The molecule has 1 aromatic rings. The third-order valence-electron chi connectivity index (χ3n) is 3.07. The van der Waals surface area contributed by atoms with Gasteiger partial charge >= 0.3 is 0 Å². The van der Waals surface area contributed by atoms with E-state index < -0.39 is 0 Å². The van der Waals surface area contributed by atoms with E-state index in [2.05, 4.69) is 16.9 Å². The predicted octanol–water partition coefficient (Wildman–Crippen LogP) is 2.92. The topological polar surface area (TPSA) is 67.8 Å². The summed E-state index contributed by atoms with van der Waals surface area (Å²) in [6.07, 6.45) is 4.47. The van der Waals surface area contributed by atoms with Crippen molar-refractivity contribution in [3.63, 3.8) is 0 Å².